The molecule has 4 heterocycles. The fraction of sp³-hybridized carbons (Fsp3) is 0.333. The highest BCUT2D eigenvalue weighted by atomic mass is 19.1. The molecule has 11 heteroatoms. The molecule has 2 aliphatic heterocycles. The molecule has 4 aromatic rings. The molecule has 0 radical (unpaired) electrons. The van der Waals surface area contributed by atoms with Gasteiger partial charge in [0, 0.05) is 63.5 Å². The van der Waals surface area contributed by atoms with E-state index in [1.165, 1.54) is 6.07 Å². The van der Waals surface area contributed by atoms with E-state index < -0.39 is 11.6 Å². The van der Waals surface area contributed by atoms with Crippen LogP contribution in [-0.2, 0) is 11.3 Å². The summed E-state index contributed by atoms with van der Waals surface area (Å²) < 4.78 is 30.1. The Morgan fingerprint density at radius 2 is 1.78 bits per heavy atom. The first kappa shape index (κ1) is 26.8. The summed E-state index contributed by atoms with van der Waals surface area (Å²) in [6.07, 6.45) is 4.80. The molecular formula is C30H31F2N7O2. The van der Waals surface area contributed by atoms with Gasteiger partial charge in [-0.2, -0.15) is 5.10 Å². The predicted molar refractivity (Wildman–Crippen MR) is 151 cm³/mol. The number of amides is 2. The first-order valence-corrected chi connectivity index (χ1v) is 13.8. The van der Waals surface area contributed by atoms with Crippen LogP contribution in [-0.4, -0.2) is 68.9 Å². The molecule has 212 valence electrons. The van der Waals surface area contributed by atoms with Crippen molar-refractivity contribution >= 4 is 29.0 Å². The number of fused-ring (bicyclic) bond motifs is 1. The minimum Gasteiger partial charge on any atom is -0.349 e. The number of hydrogen-bond acceptors (Lipinski definition) is 6. The smallest absolute Gasteiger partial charge is 0.255 e. The molecule has 0 saturated carbocycles. The van der Waals surface area contributed by atoms with Gasteiger partial charge in [0.2, 0.25) is 5.91 Å². The third kappa shape index (κ3) is 5.62. The Labute approximate surface area is 236 Å². The van der Waals surface area contributed by atoms with Gasteiger partial charge in [0.15, 0.2) is 5.65 Å². The lowest BCUT2D eigenvalue weighted by molar-refractivity contribution is -0.130. The maximum Gasteiger partial charge on any atom is 0.255 e. The summed E-state index contributed by atoms with van der Waals surface area (Å²) in [6.45, 7) is 6.10. The van der Waals surface area contributed by atoms with Crippen molar-refractivity contribution in [2.75, 3.05) is 42.9 Å². The zero-order valence-electron chi connectivity index (χ0n) is 22.8. The van der Waals surface area contributed by atoms with E-state index in [1.54, 1.807) is 42.0 Å². The zero-order chi connectivity index (χ0) is 28.5. The van der Waals surface area contributed by atoms with Crippen molar-refractivity contribution in [3.05, 3.63) is 89.2 Å². The summed E-state index contributed by atoms with van der Waals surface area (Å²) in [5.74, 6) is -0.485. The lowest BCUT2D eigenvalue weighted by atomic mass is 10.0. The van der Waals surface area contributed by atoms with Crippen LogP contribution >= 0.6 is 0 Å². The Balaban J connectivity index is 1.15. The number of nitrogens with one attached hydrogen (secondary N) is 1. The molecule has 0 spiro atoms. The van der Waals surface area contributed by atoms with Crippen molar-refractivity contribution in [1.82, 2.24) is 24.4 Å². The summed E-state index contributed by atoms with van der Waals surface area (Å²) in [4.78, 5) is 35.5. The van der Waals surface area contributed by atoms with Gasteiger partial charge in [-0.25, -0.2) is 18.3 Å². The van der Waals surface area contributed by atoms with Gasteiger partial charge >= 0.3 is 0 Å². The van der Waals surface area contributed by atoms with Crippen LogP contribution in [0.5, 0.6) is 0 Å². The van der Waals surface area contributed by atoms with Gasteiger partial charge in [0.25, 0.3) is 5.91 Å². The lowest BCUT2D eigenvalue weighted by Crippen LogP contribution is -2.47. The molecule has 0 bridgehead atoms. The highest BCUT2D eigenvalue weighted by Gasteiger charge is 2.30. The number of anilines is 2. The predicted octanol–water partition coefficient (Wildman–Crippen LogP) is 4.27. The second-order valence-corrected chi connectivity index (χ2v) is 10.6. The fourth-order valence-corrected chi connectivity index (χ4v) is 5.68. The van der Waals surface area contributed by atoms with E-state index in [1.807, 2.05) is 21.9 Å². The number of piperazine rings is 1. The topological polar surface area (TPSA) is 86.1 Å². The summed E-state index contributed by atoms with van der Waals surface area (Å²) >= 11 is 0. The molecule has 2 aromatic carbocycles. The molecular weight excluding hydrogens is 528 g/mol. The largest absolute Gasteiger partial charge is 0.349 e. The molecule has 0 aliphatic carbocycles. The summed E-state index contributed by atoms with van der Waals surface area (Å²) in [5.41, 5.74) is 2.83. The number of hydrogen-bond donors (Lipinski definition) is 1. The normalized spacial score (nSPS) is 17.8. The van der Waals surface area contributed by atoms with Gasteiger partial charge in [-0.05, 0) is 54.8 Å². The average molecular weight is 560 g/mol. The van der Waals surface area contributed by atoms with Gasteiger partial charge in [-0.3, -0.25) is 14.5 Å². The molecule has 2 fully saturated rings. The zero-order valence-corrected chi connectivity index (χ0v) is 22.8. The molecule has 2 aliphatic rings. The highest BCUT2D eigenvalue weighted by molar-refractivity contribution is 6.06. The van der Waals surface area contributed by atoms with Crippen molar-refractivity contribution in [1.29, 1.82) is 0 Å². The molecule has 2 amide bonds. The van der Waals surface area contributed by atoms with Crippen molar-refractivity contribution < 1.29 is 18.4 Å². The van der Waals surface area contributed by atoms with Crippen LogP contribution < -0.4 is 10.2 Å². The van der Waals surface area contributed by atoms with E-state index in [-0.39, 0.29) is 17.9 Å². The molecule has 2 aromatic heterocycles. The van der Waals surface area contributed by atoms with E-state index >= 15 is 0 Å². The van der Waals surface area contributed by atoms with Crippen LogP contribution in [0.4, 0.5) is 20.3 Å². The molecule has 6 rings (SSSR count). The summed E-state index contributed by atoms with van der Waals surface area (Å²) in [6, 6.07) is 12.5. The van der Waals surface area contributed by atoms with Gasteiger partial charge in [-0.15, -0.1) is 0 Å². The monoisotopic (exact) mass is 559 g/mol. The molecule has 9 nitrogen and oxygen atoms in total. The van der Waals surface area contributed by atoms with Crippen LogP contribution in [0.15, 0.2) is 60.9 Å². The highest BCUT2D eigenvalue weighted by Crippen LogP contribution is 2.37. The lowest BCUT2D eigenvalue weighted by Gasteiger charge is -2.34. The summed E-state index contributed by atoms with van der Waals surface area (Å²) in [7, 11) is 0. The van der Waals surface area contributed by atoms with E-state index in [2.05, 4.69) is 15.3 Å². The van der Waals surface area contributed by atoms with Crippen LogP contribution in [0.1, 0.15) is 47.3 Å². The van der Waals surface area contributed by atoms with Crippen molar-refractivity contribution in [2.45, 2.75) is 32.4 Å². The summed E-state index contributed by atoms with van der Waals surface area (Å²) in [5, 5.41) is 7.23. The number of carbonyl (C=O) groups excluding carboxylic acids is 2. The van der Waals surface area contributed by atoms with Crippen molar-refractivity contribution in [3.8, 4) is 0 Å². The molecule has 1 N–H and O–H groups in total. The minimum absolute atomic E-state index is 0.108. The van der Waals surface area contributed by atoms with Crippen LogP contribution in [0.25, 0.3) is 5.65 Å². The fourth-order valence-electron chi connectivity index (χ4n) is 5.68. The van der Waals surface area contributed by atoms with Crippen molar-refractivity contribution in [2.24, 2.45) is 0 Å². The number of benzene rings is 2. The Kier molecular flexibility index (Phi) is 7.36. The van der Waals surface area contributed by atoms with Crippen LogP contribution in [0.3, 0.4) is 0 Å². The number of halogens is 2. The number of aromatic nitrogens is 3. The van der Waals surface area contributed by atoms with Crippen molar-refractivity contribution in [3.63, 3.8) is 0 Å². The molecule has 1 atom stereocenters. The van der Waals surface area contributed by atoms with Gasteiger partial charge in [0.1, 0.15) is 23.1 Å². The Hall–Kier alpha value is -4.38. The number of rotatable bonds is 6. The first-order valence-electron chi connectivity index (χ1n) is 13.8. The SMILES string of the molecule is CC(=O)N1CCN(Cc2ccc(C(=O)Nc3cnn4ccc(N5CCCC5c5cc(F)ccc5F)nc34)cc2)CC1. The Bertz CT molecular complexity index is 1580. The van der Waals surface area contributed by atoms with Gasteiger partial charge in [-0.1, -0.05) is 12.1 Å². The first-order chi connectivity index (χ1) is 19.9. The Morgan fingerprint density at radius 3 is 2.54 bits per heavy atom. The number of nitrogens with zero attached hydrogens (tertiary/aromatic N) is 6. The van der Waals surface area contributed by atoms with Gasteiger partial charge in [0.05, 0.1) is 12.2 Å². The second kappa shape index (κ2) is 11.2. The third-order valence-corrected chi connectivity index (χ3v) is 7.91. The average Bonchev–Trinajstić information content (AvgIpc) is 3.62. The van der Waals surface area contributed by atoms with E-state index in [0.29, 0.717) is 41.2 Å². The molecule has 1 unspecified atom stereocenters. The molecule has 41 heavy (non-hydrogen) atoms. The minimum atomic E-state index is -0.474. The number of carbonyl (C=O) groups is 2. The quantitative estimate of drug-likeness (QED) is 0.380. The van der Waals surface area contributed by atoms with Gasteiger partial charge < -0.3 is 15.1 Å². The second-order valence-electron chi connectivity index (χ2n) is 10.6. The van der Waals surface area contributed by atoms with Crippen LogP contribution in [0.2, 0.25) is 0 Å². The van der Waals surface area contributed by atoms with Crippen LogP contribution in [0, 0.1) is 11.6 Å². The van der Waals surface area contributed by atoms with E-state index in [0.717, 1.165) is 56.8 Å². The molecule has 2 saturated heterocycles. The maximum absolute atomic E-state index is 14.6. The van der Waals surface area contributed by atoms with E-state index in [4.69, 9.17) is 4.98 Å². The maximum atomic E-state index is 14.6. The van der Waals surface area contributed by atoms with E-state index in [9.17, 15) is 18.4 Å². The Morgan fingerprint density at radius 1 is 1.00 bits per heavy atom. The third-order valence-electron chi connectivity index (χ3n) is 7.91. The standard InChI is InChI=1S/C30H31F2N7O2/c1-20(40)37-15-13-36(14-16-37)19-21-4-6-22(7-5-21)30(41)34-26-18-33-39-12-10-28(35-29(26)39)38-11-2-3-27(38)24-17-23(31)8-9-25(24)32/h4-10,12,17-18,27H,2-3,11,13-16,19H2,1H3,(H,34,41).